The molecule has 17 heavy (non-hydrogen) atoms. The van der Waals surface area contributed by atoms with Crippen molar-refractivity contribution in [3.8, 4) is 5.88 Å². The Morgan fingerprint density at radius 1 is 1.29 bits per heavy atom. The van der Waals surface area contributed by atoms with Crippen LogP contribution in [0, 0.1) is 6.20 Å². The Morgan fingerprint density at radius 3 is 3.12 bits per heavy atom. The van der Waals surface area contributed by atoms with Gasteiger partial charge in [-0.15, -0.1) is 11.3 Å². The number of rotatable bonds is 3. The van der Waals surface area contributed by atoms with Gasteiger partial charge in [0, 0.05) is 23.0 Å². The largest absolute Gasteiger partial charge is 0.470 e. The van der Waals surface area contributed by atoms with Gasteiger partial charge in [-0.1, -0.05) is 24.3 Å². The number of nitrogens with zero attached hydrogens (tertiary/aromatic N) is 2. The summed E-state index contributed by atoms with van der Waals surface area (Å²) in [7, 11) is 0. The van der Waals surface area contributed by atoms with Gasteiger partial charge < -0.3 is 4.74 Å². The maximum atomic E-state index is 5.56. The molecule has 0 fully saturated rings. The number of ether oxygens (including phenoxy) is 1. The van der Waals surface area contributed by atoms with E-state index in [1.165, 1.54) is 0 Å². The average Bonchev–Trinajstić information content (AvgIpc) is 2.89. The zero-order valence-electron chi connectivity index (χ0n) is 8.96. The molecule has 4 heteroatoms. The first-order chi connectivity index (χ1) is 8.42. The number of hydrogen-bond acceptors (Lipinski definition) is 4. The maximum Gasteiger partial charge on any atom is 0.214 e. The average molecular weight is 241 g/mol. The number of pyridine rings is 1. The predicted molar refractivity (Wildman–Crippen MR) is 67.0 cm³/mol. The minimum atomic E-state index is 0.455. The highest BCUT2D eigenvalue weighted by molar-refractivity contribution is 7.09. The Balaban J connectivity index is 1.81. The van der Waals surface area contributed by atoms with Crippen LogP contribution >= 0.6 is 11.3 Å². The predicted octanol–water partition coefficient (Wildman–Crippen LogP) is 3.07. The lowest BCUT2D eigenvalue weighted by Crippen LogP contribution is -1.96. The van der Waals surface area contributed by atoms with Crippen LogP contribution in [0.25, 0.3) is 10.8 Å². The summed E-state index contributed by atoms with van der Waals surface area (Å²) in [5.41, 5.74) is 0. The lowest BCUT2D eigenvalue weighted by Gasteiger charge is -2.03. The van der Waals surface area contributed by atoms with Crippen LogP contribution in [0.4, 0.5) is 0 Å². The van der Waals surface area contributed by atoms with Gasteiger partial charge in [-0.3, -0.25) is 0 Å². The Hall–Kier alpha value is -1.94. The minimum Gasteiger partial charge on any atom is -0.470 e. The number of benzene rings is 1. The highest BCUT2D eigenvalue weighted by Crippen LogP contribution is 2.18. The van der Waals surface area contributed by atoms with E-state index in [4.69, 9.17) is 4.74 Å². The molecule has 0 amide bonds. The summed E-state index contributed by atoms with van der Waals surface area (Å²) in [6.45, 7) is 0.455. The van der Waals surface area contributed by atoms with Gasteiger partial charge in [0.15, 0.2) is 0 Å². The zero-order valence-corrected chi connectivity index (χ0v) is 9.78. The quantitative estimate of drug-likeness (QED) is 0.707. The van der Waals surface area contributed by atoms with Gasteiger partial charge in [-0.25, -0.2) is 9.97 Å². The van der Waals surface area contributed by atoms with Crippen LogP contribution in [0.2, 0.25) is 0 Å². The molecule has 0 spiro atoms. The highest BCUT2D eigenvalue weighted by atomic mass is 32.1. The Bertz CT molecular complexity index is 622. The first-order valence-corrected chi connectivity index (χ1v) is 6.08. The second-order valence-corrected chi connectivity index (χ2v) is 4.49. The van der Waals surface area contributed by atoms with Crippen LogP contribution in [-0.4, -0.2) is 9.97 Å². The molecule has 83 valence electrons. The number of fused-ring (bicyclic) bond motifs is 1. The van der Waals surface area contributed by atoms with Crippen molar-refractivity contribution in [2.75, 3.05) is 0 Å². The van der Waals surface area contributed by atoms with E-state index in [1.54, 1.807) is 17.5 Å². The van der Waals surface area contributed by atoms with Crippen molar-refractivity contribution in [2.24, 2.45) is 0 Å². The van der Waals surface area contributed by atoms with Crippen LogP contribution in [0.5, 0.6) is 5.88 Å². The van der Waals surface area contributed by atoms with Crippen LogP contribution in [0.3, 0.4) is 0 Å². The lowest BCUT2D eigenvalue weighted by molar-refractivity contribution is 0.293. The SMILES string of the molecule is [c]1nc(OCc2nccs2)cc2ccccc12. The number of hydrogen-bond donors (Lipinski definition) is 0. The normalized spacial score (nSPS) is 10.6. The van der Waals surface area contributed by atoms with Crippen LogP contribution in [0.15, 0.2) is 41.9 Å². The summed E-state index contributed by atoms with van der Waals surface area (Å²) in [5.74, 6) is 0.582. The topological polar surface area (TPSA) is 35.0 Å². The third-order valence-corrected chi connectivity index (χ3v) is 3.11. The smallest absolute Gasteiger partial charge is 0.214 e. The van der Waals surface area contributed by atoms with Crippen molar-refractivity contribution in [1.82, 2.24) is 9.97 Å². The fourth-order valence-corrected chi connectivity index (χ4v) is 2.07. The molecular weight excluding hydrogens is 232 g/mol. The van der Waals surface area contributed by atoms with Gasteiger partial charge in [0.1, 0.15) is 17.8 Å². The molecule has 0 aliphatic carbocycles. The molecular formula is C13H9N2OS. The van der Waals surface area contributed by atoms with E-state index in [-0.39, 0.29) is 0 Å². The second-order valence-electron chi connectivity index (χ2n) is 3.51. The zero-order chi connectivity index (χ0) is 11.5. The van der Waals surface area contributed by atoms with E-state index in [9.17, 15) is 0 Å². The summed E-state index contributed by atoms with van der Waals surface area (Å²) in [4.78, 5) is 8.29. The van der Waals surface area contributed by atoms with Gasteiger partial charge >= 0.3 is 0 Å². The van der Waals surface area contributed by atoms with Crippen molar-refractivity contribution in [3.05, 3.63) is 53.1 Å². The molecule has 3 aromatic rings. The van der Waals surface area contributed by atoms with Gasteiger partial charge in [-0.05, 0) is 5.39 Å². The molecule has 2 heterocycles. The van der Waals surface area contributed by atoms with E-state index in [0.717, 1.165) is 15.8 Å². The van der Waals surface area contributed by atoms with Crippen LogP contribution < -0.4 is 4.74 Å². The molecule has 0 saturated heterocycles. The van der Waals surface area contributed by atoms with E-state index in [0.29, 0.717) is 12.5 Å². The van der Waals surface area contributed by atoms with Crippen molar-refractivity contribution in [2.45, 2.75) is 6.61 Å². The van der Waals surface area contributed by atoms with Gasteiger partial charge in [0.25, 0.3) is 0 Å². The van der Waals surface area contributed by atoms with Crippen LogP contribution in [-0.2, 0) is 6.61 Å². The van der Waals surface area contributed by atoms with Gasteiger partial charge in [-0.2, -0.15) is 0 Å². The molecule has 3 nitrogen and oxygen atoms in total. The van der Waals surface area contributed by atoms with E-state index in [2.05, 4.69) is 16.2 Å². The summed E-state index contributed by atoms with van der Waals surface area (Å²) in [6.07, 6.45) is 4.72. The molecule has 0 aliphatic heterocycles. The van der Waals surface area contributed by atoms with Crippen molar-refractivity contribution < 1.29 is 4.74 Å². The van der Waals surface area contributed by atoms with Crippen molar-refractivity contribution in [3.63, 3.8) is 0 Å². The molecule has 1 radical (unpaired) electrons. The number of thiazole rings is 1. The molecule has 2 aromatic heterocycles. The molecule has 0 saturated carbocycles. The third-order valence-electron chi connectivity index (χ3n) is 2.35. The summed E-state index contributed by atoms with van der Waals surface area (Å²) < 4.78 is 5.56. The van der Waals surface area contributed by atoms with Gasteiger partial charge in [0.2, 0.25) is 5.88 Å². The van der Waals surface area contributed by atoms with E-state index < -0.39 is 0 Å². The molecule has 0 bridgehead atoms. The minimum absolute atomic E-state index is 0.455. The van der Waals surface area contributed by atoms with Crippen molar-refractivity contribution in [1.29, 1.82) is 0 Å². The monoisotopic (exact) mass is 241 g/mol. The second kappa shape index (κ2) is 4.51. The maximum absolute atomic E-state index is 5.56. The first kappa shape index (κ1) is 10.2. The molecule has 1 aromatic carbocycles. The Morgan fingerprint density at radius 2 is 2.24 bits per heavy atom. The fourth-order valence-electron chi connectivity index (χ4n) is 1.54. The fraction of sp³-hybridized carbons (Fsp3) is 0.0769. The Kier molecular flexibility index (Phi) is 2.71. The molecule has 0 N–H and O–H groups in total. The number of aromatic nitrogens is 2. The van der Waals surface area contributed by atoms with Crippen LogP contribution in [0.1, 0.15) is 5.01 Å². The highest BCUT2D eigenvalue weighted by Gasteiger charge is 2.01. The van der Waals surface area contributed by atoms with Crippen molar-refractivity contribution >= 4 is 22.1 Å². The summed E-state index contributed by atoms with van der Waals surface area (Å²) in [5, 5.41) is 4.95. The van der Waals surface area contributed by atoms with E-state index >= 15 is 0 Å². The first-order valence-electron chi connectivity index (χ1n) is 5.20. The molecule has 0 atom stereocenters. The van der Waals surface area contributed by atoms with E-state index in [1.807, 2.05) is 35.7 Å². The molecule has 0 unspecified atom stereocenters. The molecule has 0 aliphatic rings. The third kappa shape index (κ3) is 2.26. The lowest BCUT2D eigenvalue weighted by atomic mass is 10.2. The Labute approximate surface area is 103 Å². The molecule has 3 rings (SSSR count). The van der Waals surface area contributed by atoms with Gasteiger partial charge in [0.05, 0.1) is 0 Å². The standard InChI is InChI=1S/C13H9N2OS/c1-2-4-11-8-15-12(7-10(11)3-1)16-9-13-14-5-6-17-13/h1-7H,9H2. The summed E-state index contributed by atoms with van der Waals surface area (Å²) >= 11 is 1.57. The summed E-state index contributed by atoms with van der Waals surface area (Å²) in [6, 6.07) is 9.87.